The van der Waals surface area contributed by atoms with Gasteiger partial charge >= 0.3 is 11.3 Å². The average molecular weight is 467 g/mol. The van der Waals surface area contributed by atoms with E-state index in [-0.39, 0.29) is 17.2 Å². The van der Waals surface area contributed by atoms with Crippen LogP contribution >= 0.6 is 0 Å². The predicted octanol–water partition coefficient (Wildman–Crippen LogP) is 3.52. The highest BCUT2D eigenvalue weighted by molar-refractivity contribution is 5.98. The molecule has 3 aromatic carbocycles. The van der Waals surface area contributed by atoms with Gasteiger partial charge in [-0.2, -0.15) is 0 Å². The van der Waals surface area contributed by atoms with E-state index < -0.39 is 17.6 Å². The minimum absolute atomic E-state index is 0.163. The molecule has 3 heterocycles. The van der Waals surface area contributed by atoms with Crippen LogP contribution in [0, 0.1) is 0 Å². The summed E-state index contributed by atoms with van der Waals surface area (Å²) in [5, 5.41) is 3.51. The van der Waals surface area contributed by atoms with E-state index in [0.29, 0.717) is 33.5 Å². The molecule has 35 heavy (non-hydrogen) atoms. The van der Waals surface area contributed by atoms with E-state index in [9.17, 15) is 14.4 Å². The lowest BCUT2D eigenvalue weighted by Crippen LogP contribution is -2.35. The van der Waals surface area contributed by atoms with Crippen molar-refractivity contribution in [2.45, 2.75) is 12.0 Å². The van der Waals surface area contributed by atoms with Crippen molar-refractivity contribution >= 4 is 33.6 Å². The number of nitrogens with zero attached hydrogens (tertiary/aromatic N) is 2. The van der Waals surface area contributed by atoms with Gasteiger partial charge in [-0.15, -0.1) is 0 Å². The number of carbonyl (C=O) groups excluding carboxylic acids is 1. The predicted molar refractivity (Wildman–Crippen MR) is 132 cm³/mol. The van der Waals surface area contributed by atoms with Crippen LogP contribution < -0.4 is 21.4 Å². The molecule has 0 aliphatic carbocycles. The van der Waals surface area contributed by atoms with E-state index in [1.165, 1.54) is 4.57 Å². The Morgan fingerprint density at radius 1 is 0.886 bits per heavy atom. The molecule has 2 atom stereocenters. The van der Waals surface area contributed by atoms with Gasteiger partial charge in [0.05, 0.1) is 27.9 Å². The minimum atomic E-state index is -1.02. The Hall–Kier alpha value is -4.59. The summed E-state index contributed by atoms with van der Waals surface area (Å²) in [6, 6.07) is 21.6. The largest absolute Gasteiger partial charge is 0.478 e. The minimum Gasteiger partial charge on any atom is -0.478 e. The lowest BCUT2D eigenvalue weighted by atomic mass is 9.88. The van der Waals surface area contributed by atoms with Crippen LogP contribution in [0.5, 0.6) is 5.75 Å². The van der Waals surface area contributed by atoms with Crippen molar-refractivity contribution in [1.82, 2.24) is 9.13 Å². The second-order valence-electron chi connectivity index (χ2n) is 8.65. The number of amides is 1. The molecule has 0 unspecified atom stereocenters. The van der Waals surface area contributed by atoms with E-state index in [0.717, 1.165) is 5.52 Å². The molecule has 0 spiro atoms. The third kappa shape index (κ3) is 3.18. The van der Waals surface area contributed by atoms with Gasteiger partial charge in [0.1, 0.15) is 11.3 Å². The average Bonchev–Trinajstić information content (AvgIpc) is 3.38. The van der Waals surface area contributed by atoms with Gasteiger partial charge in [0, 0.05) is 19.8 Å². The Morgan fingerprint density at radius 3 is 2.40 bits per heavy atom. The number of fused-ring (bicyclic) bond motifs is 4. The number of para-hydroxylation sites is 2. The molecule has 1 N–H and O–H groups in total. The van der Waals surface area contributed by atoms with E-state index in [4.69, 9.17) is 9.15 Å². The van der Waals surface area contributed by atoms with Crippen LogP contribution in [0.2, 0.25) is 0 Å². The maximum Gasteiger partial charge on any atom is 0.344 e. The Kier molecular flexibility index (Phi) is 4.63. The zero-order chi connectivity index (χ0) is 24.3. The summed E-state index contributed by atoms with van der Waals surface area (Å²) in [6.07, 6.45) is -1.02. The summed E-state index contributed by atoms with van der Waals surface area (Å²) in [4.78, 5) is 39.1. The maximum absolute atomic E-state index is 13.5. The van der Waals surface area contributed by atoms with Crippen LogP contribution in [-0.4, -0.2) is 21.1 Å². The number of aromatic nitrogens is 2. The first-order valence-electron chi connectivity index (χ1n) is 11.2. The molecule has 1 aliphatic rings. The zero-order valence-corrected chi connectivity index (χ0v) is 19.0. The molecule has 8 nitrogen and oxygen atoms in total. The van der Waals surface area contributed by atoms with Crippen molar-refractivity contribution < 1.29 is 13.9 Å². The first-order chi connectivity index (χ1) is 16.9. The number of imidazole rings is 1. The molecule has 6 rings (SSSR count). The number of ether oxygens (including phenoxy) is 1. The van der Waals surface area contributed by atoms with E-state index in [2.05, 4.69) is 5.32 Å². The number of hydrogen-bond donors (Lipinski definition) is 1. The second kappa shape index (κ2) is 7.73. The number of hydrogen-bond acceptors (Lipinski definition) is 5. The second-order valence-corrected chi connectivity index (χ2v) is 8.65. The number of carbonyl (C=O) groups is 1. The SMILES string of the molecule is Cn1c(=O)n(C)c2cc([C@@H]3c4c(c5ccccc5oc4=O)O[C@H]3C(=O)Nc3ccccc3)ccc21. The lowest BCUT2D eigenvalue weighted by molar-refractivity contribution is -0.122. The highest BCUT2D eigenvalue weighted by Crippen LogP contribution is 2.45. The molecule has 8 heteroatoms. The zero-order valence-electron chi connectivity index (χ0n) is 19.0. The van der Waals surface area contributed by atoms with Crippen LogP contribution in [0.15, 0.2) is 86.8 Å². The first-order valence-corrected chi connectivity index (χ1v) is 11.2. The van der Waals surface area contributed by atoms with Gasteiger partial charge in [-0.05, 0) is 42.0 Å². The van der Waals surface area contributed by atoms with Crippen LogP contribution in [0.4, 0.5) is 5.69 Å². The highest BCUT2D eigenvalue weighted by atomic mass is 16.5. The molecule has 2 aromatic heterocycles. The summed E-state index contributed by atoms with van der Waals surface area (Å²) >= 11 is 0. The van der Waals surface area contributed by atoms with Crippen molar-refractivity contribution in [2.24, 2.45) is 14.1 Å². The van der Waals surface area contributed by atoms with Crippen LogP contribution in [0.1, 0.15) is 17.0 Å². The molecule has 174 valence electrons. The monoisotopic (exact) mass is 467 g/mol. The Bertz CT molecular complexity index is 1750. The topological polar surface area (TPSA) is 95.5 Å². The van der Waals surface area contributed by atoms with Crippen molar-refractivity contribution in [1.29, 1.82) is 0 Å². The van der Waals surface area contributed by atoms with Gasteiger partial charge in [0.2, 0.25) is 0 Å². The molecule has 0 saturated carbocycles. The number of aryl methyl sites for hydroxylation is 2. The molecular formula is C27H21N3O5. The summed E-state index contributed by atoms with van der Waals surface area (Å²) in [7, 11) is 3.39. The molecule has 0 bridgehead atoms. The third-order valence-electron chi connectivity index (χ3n) is 6.61. The van der Waals surface area contributed by atoms with Gasteiger partial charge in [0.25, 0.3) is 5.91 Å². The van der Waals surface area contributed by atoms with Crippen molar-refractivity contribution in [3.8, 4) is 5.75 Å². The van der Waals surface area contributed by atoms with Gasteiger partial charge < -0.3 is 14.5 Å². The van der Waals surface area contributed by atoms with Gasteiger partial charge in [-0.3, -0.25) is 13.9 Å². The number of rotatable bonds is 3. The molecule has 1 amide bonds. The smallest absolute Gasteiger partial charge is 0.344 e. The molecule has 0 radical (unpaired) electrons. The van der Waals surface area contributed by atoms with E-state index >= 15 is 0 Å². The molecule has 5 aromatic rings. The van der Waals surface area contributed by atoms with Gasteiger partial charge in [-0.25, -0.2) is 9.59 Å². The van der Waals surface area contributed by atoms with E-state index in [1.807, 2.05) is 42.5 Å². The maximum atomic E-state index is 13.5. The fourth-order valence-electron chi connectivity index (χ4n) is 4.88. The van der Waals surface area contributed by atoms with Gasteiger partial charge in [-0.1, -0.05) is 36.4 Å². The lowest BCUT2D eigenvalue weighted by Gasteiger charge is -2.19. The fraction of sp³-hybridized carbons (Fsp3) is 0.148. The summed E-state index contributed by atoms with van der Waals surface area (Å²) in [5.41, 5.74) is 2.69. The van der Waals surface area contributed by atoms with Crippen LogP contribution in [-0.2, 0) is 18.9 Å². The fourth-order valence-corrected chi connectivity index (χ4v) is 4.88. The molecule has 0 saturated heterocycles. The Balaban J connectivity index is 1.55. The van der Waals surface area contributed by atoms with Crippen molar-refractivity contribution in [2.75, 3.05) is 5.32 Å². The summed E-state index contributed by atoms with van der Waals surface area (Å²) in [6.45, 7) is 0. The molecule has 0 fully saturated rings. The Morgan fingerprint density at radius 2 is 1.60 bits per heavy atom. The quantitative estimate of drug-likeness (QED) is 0.410. The third-order valence-corrected chi connectivity index (χ3v) is 6.61. The Labute approximate surface area is 199 Å². The molecule has 1 aliphatic heterocycles. The number of nitrogens with one attached hydrogen (secondary N) is 1. The number of anilines is 1. The van der Waals surface area contributed by atoms with Crippen molar-refractivity contribution in [3.63, 3.8) is 0 Å². The normalized spacial score (nSPS) is 16.9. The standard InChI is InChI=1S/C27H21N3O5/c1-29-18-13-12-15(14-19(18)30(2)27(29)33)21-22-23(17-10-6-7-11-20(17)34-26(22)32)35-24(21)25(31)28-16-8-4-3-5-9-16/h3-14,21,24H,1-2H3,(H,28,31)/t21-,24-/m1/s1. The van der Waals surface area contributed by atoms with E-state index in [1.54, 1.807) is 49.0 Å². The van der Waals surface area contributed by atoms with Crippen LogP contribution in [0.3, 0.4) is 0 Å². The molecular weight excluding hydrogens is 446 g/mol. The number of benzene rings is 3. The van der Waals surface area contributed by atoms with Crippen molar-refractivity contribution in [3.05, 3.63) is 105 Å². The van der Waals surface area contributed by atoms with Gasteiger partial charge in [0.15, 0.2) is 6.10 Å². The van der Waals surface area contributed by atoms with Crippen LogP contribution in [0.25, 0.3) is 22.0 Å². The summed E-state index contributed by atoms with van der Waals surface area (Å²) in [5.74, 6) is -0.769. The first kappa shape index (κ1) is 21.0. The highest BCUT2D eigenvalue weighted by Gasteiger charge is 2.44. The summed E-state index contributed by atoms with van der Waals surface area (Å²) < 4.78 is 14.9.